The van der Waals surface area contributed by atoms with Crippen LogP contribution < -0.4 is 32.7 Å². The molecule has 0 aliphatic rings. The zero-order valence-electron chi connectivity index (χ0n) is 31.1. The molecule has 54 heavy (non-hydrogen) atoms. The largest absolute Gasteiger partial charge is 0.349 e. The highest BCUT2D eigenvalue weighted by Gasteiger charge is 2.20. The van der Waals surface area contributed by atoms with Crippen LogP contribution in [0.5, 0.6) is 0 Å². The number of nitrogens with zero attached hydrogens (tertiary/aromatic N) is 3. The minimum absolute atomic E-state index is 0.185. The number of carbonyl (C=O) groups excluding carboxylic acids is 4. The van der Waals surface area contributed by atoms with Gasteiger partial charge in [-0.15, -0.1) is 0 Å². The summed E-state index contributed by atoms with van der Waals surface area (Å²) in [7, 11) is 0. The SMILES string of the molecule is CCCn1c(C(=O)NCCN)cc2cc(NC(=O)c3ccc4c(c3)cc(C(=O)Nc3ccc5c(c3)cc(C(=O)NCCN)n5CCC)n4CCC)ccc21. The summed E-state index contributed by atoms with van der Waals surface area (Å²) in [6.07, 6.45) is 2.51. The maximum absolute atomic E-state index is 13.8. The number of nitrogens with one attached hydrogen (secondary N) is 4. The van der Waals surface area contributed by atoms with Crippen LogP contribution in [0.25, 0.3) is 32.7 Å². The molecule has 0 radical (unpaired) electrons. The van der Waals surface area contributed by atoms with E-state index in [1.54, 1.807) is 12.1 Å². The van der Waals surface area contributed by atoms with Crippen molar-refractivity contribution in [2.24, 2.45) is 11.5 Å². The summed E-state index contributed by atoms with van der Waals surface area (Å²) in [5.41, 5.74) is 17.1. The topological polar surface area (TPSA) is 183 Å². The van der Waals surface area contributed by atoms with E-state index in [4.69, 9.17) is 11.5 Å². The fourth-order valence-electron chi connectivity index (χ4n) is 7.02. The lowest BCUT2D eigenvalue weighted by Gasteiger charge is -2.11. The third kappa shape index (κ3) is 7.73. The van der Waals surface area contributed by atoms with Gasteiger partial charge in [0.05, 0.1) is 0 Å². The van der Waals surface area contributed by atoms with Crippen molar-refractivity contribution in [3.63, 3.8) is 0 Å². The first-order chi connectivity index (χ1) is 26.2. The predicted octanol–water partition coefficient (Wildman–Crippen LogP) is 5.66. The highest BCUT2D eigenvalue weighted by Crippen LogP contribution is 2.28. The van der Waals surface area contributed by atoms with Crippen molar-refractivity contribution in [2.45, 2.75) is 59.7 Å². The molecule has 3 aromatic carbocycles. The van der Waals surface area contributed by atoms with E-state index in [1.807, 2.05) is 81.3 Å². The smallest absolute Gasteiger partial charge is 0.272 e. The Labute approximate surface area is 314 Å². The van der Waals surface area contributed by atoms with Crippen molar-refractivity contribution < 1.29 is 19.2 Å². The van der Waals surface area contributed by atoms with E-state index >= 15 is 0 Å². The van der Waals surface area contributed by atoms with Crippen molar-refractivity contribution in [3.05, 3.63) is 95.4 Å². The van der Waals surface area contributed by atoms with Crippen molar-refractivity contribution in [2.75, 3.05) is 36.8 Å². The number of aryl methyl sites for hydroxylation is 3. The molecular formula is C41H49N9O4. The molecule has 3 heterocycles. The van der Waals surface area contributed by atoms with E-state index in [0.29, 0.717) is 79.8 Å². The predicted molar refractivity (Wildman–Crippen MR) is 215 cm³/mol. The molecule has 0 spiro atoms. The van der Waals surface area contributed by atoms with Gasteiger partial charge in [0.1, 0.15) is 17.1 Å². The molecule has 0 fully saturated rings. The molecule has 0 aliphatic heterocycles. The Morgan fingerprint density at radius 3 is 1.31 bits per heavy atom. The summed E-state index contributed by atoms with van der Waals surface area (Å²) in [5.74, 6) is -0.944. The average Bonchev–Trinajstić information content (AvgIpc) is 3.84. The van der Waals surface area contributed by atoms with Gasteiger partial charge < -0.3 is 46.4 Å². The second kappa shape index (κ2) is 16.8. The van der Waals surface area contributed by atoms with Gasteiger partial charge in [-0.2, -0.15) is 0 Å². The molecular weight excluding hydrogens is 683 g/mol. The van der Waals surface area contributed by atoms with Crippen LogP contribution in [0.1, 0.15) is 81.9 Å². The number of aromatic nitrogens is 3. The van der Waals surface area contributed by atoms with Crippen molar-refractivity contribution in [3.8, 4) is 0 Å². The normalized spacial score (nSPS) is 11.4. The van der Waals surface area contributed by atoms with Gasteiger partial charge in [-0.3, -0.25) is 19.2 Å². The Hall–Kier alpha value is -5.92. The zero-order valence-corrected chi connectivity index (χ0v) is 31.1. The van der Waals surface area contributed by atoms with E-state index in [-0.39, 0.29) is 23.6 Å². The molecule has 0 saturated carbocycles. The number of hydrogen-bond acceptors (Lipinski definition) is 6. The van der Waals surface area contributed by atoms with E-state index < -0.39 is 0 Å². The lowest BCUT2D eigenvalue weighted by molar-refractivity contribution is 0.0937. The molecule has 4 amide bonds. The third-order valence-corrected chi connectivity index (χ3v) is 9.38. The summed E-state index contributed by atoms with van der Waals surface area (Å²) >= 11 is 0. The van der Waals surface area contributed by atoms with Crippen LogP contribution in [0.2, 0.25) is 0 Å². The number of hydrogen-bond donors (Lipinski definition) is 6. The number of carbonyl (C=O) groups is 4. The first-order valence-electron chi connectivity index (χ1n) is 18.7. The second-order valence-electron chi connectivity index (χ2n) is 13.4. The van der Waals surface area contributed by atoms with Crippen molar-refractivity contribution in [1.82, 2.24) is 24.3 Å². The minimum Gasteiger partial charge on any atom is -0.349 e. The summed E-state index contributed by atoms with van der Waals surface area (Å²) in [6, 6.07) is 22.2. The van der Waals surface area contributed by atoms with E-state index in [9.17, 15) is 19.2 Å². The van der Waals surface area contributed by atoms with Crippen LogP contribution in [0.15, 0.2) is 72.8 Å². The number of amides is 4. The van der Waals surface area contributed by atoms with Gasteiger partial charge in [-0.05, 0) is 92.1 Å². The molecule has 0 saturated heterocycles. The Kier molecular flexibility index (Phi) is 11.8. The molecule has 3 aromatic heterocycles. The summed E-state index contributed by atoms with van der Waals surface area (Å²) < 4.78 is 5.95. The third-order valence-electron chi connectivity index (χ3n) is 9.38. The highest BCUT2D eigenvalue weighted by atomic mass is 16.2. The number of fused-ring (bicyclic) bond motifs is 3. The number of rotatable bonds is 16. The standard InChI is InChI=1S/C41H49N9O4/c1-4-17-48-33-11-8-30(21-28(33)24-35(48)39(52)44-15-13-42)46-38(51)26-7-10-32-27(20-26)23-37(50(32)19-6-3)41(54)47-31-9-12-34-29(22-31)25-36(49(34)18-5-2)40(53)45-16-14-43/h7-12,20-25H,4-6,13-19,42-43H2,1-3H3,(H,44,52)(H,45,53)(H,46,51)(H,47,54). The Balaban J connectivity index is 1.23. The quantitative estimate of drug-likeness (QED) is 0.0746. The van der Waals surface area contributed by atoms with Crippen LogP contribution in [-0.4, -0.2) is 63.5 Å². The second-order valence-corrected chi connectivity index (χ2v) is 13.4. The van der Waals surface area contributed by atoms with Gasteiger partial charge in [0.2, 0.25) is 0 Å². The Morgan fingerprint density at radius 1 is 0.500 bits per heavy atom. The fraction of sp³-hybridized carbons (Fsp3) is 0.317. The molecule has 0 atom stereocenters. The van der Waals surface area contributed by atoms with Crippen LogP contribution in [0.4, 0.5) is 11.4 Å². The first kappa shape index (κ1) is 37.8. The molecule has 13 nitrogen and oxygen atoms in total. The van der Waals surface area contributed by atoms with E-state index in [0.717, 1.165) is 52.0 Å². The summed E-state index contributed by atoms with van der Waals surface area (Å²) in [6.45, 7) is 9.61. The van der Waals surface area contributed by atoms with Crippen LogP contribution in [-0.2, 0) is 19.6 Å². The van der Waals surface area contributed by atoms with Crippen LogP contribution in [0.3, 0.4) is 0 Å². The molecule has 13 heteroatoms. The lowest BCUT2D eigenvalue weighted by Crippen LogP contribution is -2.30. The molecule has 0 aliphatic carbocycles. The van der Waals surface area contributed by atoms with Gasteiger partial charge in [0.25, 0.3) is 23.6 Å². The van der Waals surface area contributed by atoms with Gasteiger partial charge in [-0.1, -0.05) is 20.8 Å². The molecule has 282 valence electrons. The van der Waals surface area contributed by atoms with Crippen molar-refractivity contribution >= 4 is 67.7 Å². The van der Waals surface area contributed by atoms with Crippen molar-refractivity contribution in [1.29, 1.82) is 0 Å². The maximum atomic E-state index is 13.8. The maximum Gasteiger partial charge on any atom is 0.272 e. The van der Waals surface area contributed by atoms with Gasteiger partial charge in [0, 0.05) is 95.5 Å². The molecule has 0 unspecified atom stereocenters. The Morgan fingerprint density at radius 2 is 0.889 bits per heavy atom. The zero-order chi connectivity index (χ0) is 38.4. The molecule has 0 bridgehead atoms. The van der Waals surface area contributed by atoms with E-state index in [2.05, 4.69) is 35.1 Å². The average molecular weight is 732 g/mol. The highest BCUT2D eigenvalue weighted by molar-refractivity contribution is 6.10. The molecule has 6 aromatic rings. The summed E-state index contributed by atoms with van der Waals surface area (Å²) in [4.78, 5) is 53.1. The monoisotopic (exact) mass is 731 g/mol. The summed E-state index contributed by atoms with van der Waals surface area (Å²) in [5, 5.41) is 14.2. The Bertz CT molecular complexity index is 2350. The van der Waals surface area contributed by atoms with Gasteiger partial charge in [0.15, 0.2) is 0 Å². The van der Waals surface area contributed by atoms with E-state index in [1.165, 1.54) is 0 Å². The number of nitrogens with two attached hydrogens (primary N) is 2. The van der Waals surface area contributed by atoms with Crippen LogP contribution >= 0.6 is 0 Å². The minimum atomic E-state index is -0.293. The fourth-order valence-corrected chi connectivity index (χ4v) is 7.02. The van der Waals surface area contributed by atoms with Gasteiger partial charge in [-0.25, -0.2) is 0 Å². The molecule has 6 rings (SSSR count). The first-order valence-corrected chi connectivity index (χ1v) is 18.7. The number of benzene rings is 3. The van der Waals surface area contributed by atoms with Crippen LogP contribution in [0, 0.1) is 0 Å². The molecule has 8 N–H and O–H groups in total. The lowest BCUT2D eigenvalue weighted by atomic mass is 10.1. The van der Waals surface area contributed by atoms with Gasteiger partial charge >= 0.3 is 0 Å². The number of anilines is 2.